The number of hydrogen-bond donors (Lipinski definition) is 3. The van der Waals surface area contributed by atoms with Crippen molar-refractivity contribution >= 4 is 21.1 Å². The van der Waals surface area contributed by atoms with Crippen molar-refractivity contribution in [2.75, 3.05) is 13.2 Å². The lowest BCUT2D eigenvalue weighted by Crippen LogP contribution is -2.26. The Labute approximate surface area is 96.1 Å². The van der Waals surface area contributed by atoms with Crippen LogP contribution in [0, 0.1) is 0 Å². The summed E-state index contributed by atoms with van der Waals surface area (Å²) in [5, 5.41) is 8.56. The Bertz CT molecular complexity index is 685. The molecule has 2 aromatic rings. The van der Waals surface area contributed by atoms with Gasteiger partial charge in [0.15, 0.2) is 5.58 Å². The maximum atomic E-state index is 11.7. The smallest absolute Gasteiger partial charge is 0.408 e. The summed E-state index contributed by atoms with van der Waals surface area (Å²) in [6, 6.07) is 4.00. The second-order valence-corrected chi connectivity index (χ2v) is 5.06. The third kappa shape index (κ3) is 2.38. The molecule has 7 nitrogen and oxygen atoms in total. The Morgan fingerprint density at radius 3 is 2.88 bits per heavy atom. The van der Waals surface area contributed by atoms with E-state index in [1.54, 1.807) is 0 Å². The molecule has 3 N–H and O–H groups in total. The van der Waals surface area contributed by atoms with Crippen molar-refractivity contribution in [1.29, 1.82) is 0 Å². The molecule has 92 valence electrons. The molecule has 0 saturated carbocycles. The molecule has 1 aromatic carbocycles. The fourth-order valence-electron chi connectivity index (χ4n) is 1.36. The summed E-state index contributed by atoms with van der Waals surface area (Å²) in [5.74, 6) is -0.641. The van der Waals surface area contributed by atoms with Gasteiger partial charge in [0.05, 0.1) is 17.0 Å². The molecule has 1 aromatic heterocycles. The van der Waals surface area contributed by atoms with Gasteiger partial charge in [0.2, 0.25) is 10.0 Å². The van der Waals surface area contributed by atoms with Crippen LogP contribution in [0.2, 0.25) is 0 Å². The highest BCUT2D eigenvalue weighted by molar-refractivity contribution is 7.89. The van der Waals surface area contributed by atoms with Crippen LogP contribution in [0.15, 0.2) is 32.3 Å². The van der Waals surface area contributed by atoms with Gasteiger partial charge < -0.3 is 9.52 Å². The average Bonchev–Trinajstić information content (AvgIpc) is 2.65. The highest BCUT2D eigenvalue weighted by Crippen LogP contribution is 2.15. The number of benzene rings is 1. The normalized spacial score (nSPS) is 12.1. The number of fused-ring (bicyclic) bond motifs is 1. The molecule has 0 radical (unpaired) electrons. The molecule has 2 rings (SSSR count). The molecule has 0 amide bonds. The van der Waals surface area contributed by atoms with Gasteiger partial charge in [0, 0.05) is 6.54 Å². The molecule has 0 aliphatic heterocycles. The number of aromatic nitrogens is 1. The molecular weight excluding hydrogens is 248 g/mol. The largest absolute Gasteiger partial charge is 0.417 e. The van der Waals surface area contributed by atoms with Gasteiger partial charge in [-0.25, -0.2) is 17.9 Å². The van der Waals surface area contributed by atoms with Crippen LogP contribution in [0.3, 0.4) is 0 Å². The highest BCUT2D eigenvalue weighted by atomic mass is 32.2. The monoisotopic (exact) mass is 258 g/mol. The zero-order valence-corrected chi connectivity index (χ0v) is 9.45. The summed E-state index contributed by atoms with van der Waals surface area (Å²) in [7, 11) is -3.68. The zero-order chi connectivity index (χ0) is 12.5. The molecule has 0 unspecified atom stereocenters. The molecule has 1 heterocycles. The number of sulfonamides is 1. The molecule has 0 fully saturated rings. The van der Waals surface area contributed by atoms with E-state index in [0.29, 0.717) is 5.52 Å². The molecule has 17 heavy (non-hydrogen) atoms. The number of nitrogens with one attached hydrogen (secondary N) is 2. The number of aliphatic hydroxyl groups is 1. The molecule has 0 saturated heterocycles. The standard InChI is InChI=1S/C9H10N2O5S/c12-4-3-10-17(14,15)6-1-2-8-7(5-6)11-9(13)16-8/h1-2,5,10,12H,3-4H2,(H,11,13). The molecule has 0 spiro atoms. The van der Waals surface area contributed by atoms with Crippen LogP contribution in [0.4, 0.5) is 0 Å². The van der Waals surface area contributed by atoms with Gasteiger partial charge in [0.1, 0.15) is 0 Å². The van der Waals surface area contributed by atoms with E-state index in [1.165, 1.54) is 18.2 Å². The lowest BCUT2D eigenvalue weighted by atomic mass is 10.3. The number of oxazole rings is 1. The SMILES string of the molecule is O=c1[nH]c2cc(S(=O)(=O)NCCO)ccc2o1. The summed E-state index contributed by atoms with van der Waals surface area (Å²) in [6.07, 6.45) is 0. The van der Waals surface area contributed by atoms with Gasteiger partial charge in [0.25, 0.3) is 0 Å². The average molecular weight is 258 g/mol. The maximum absolute atomic E-state index is 11.7. The first-order valence-electron chi connectivity index (χ1n) is 4.76. The summed E-state index contributed by atoms with van der Waals surface area (Å²) in [4.78, 5) is 13.3. The van der Waals surface area contributed by atoms with Crippen LogP contribution in [0.5, 0.6) is 0 Å². The fourth-order valence-corrected chi connectivity index (χ4v) is 2.41. The Hall–Kier alpha value is -1.64. The van der Waals surface area contributed by atoms with Crippen LogP contribution < -0.4 is 10.5 Å². The Morgan fingerprint density at radius 1 is 1.41 bits per heavy atom. The Morgan fingerprint density at radius 2 is 2.18 bits per heavy atom. The molecule has 0 bridgehead atoms. The fraction of sp³-hybridized carbons (Fsp3) is 0.222. The lowest BCUT2D eigenvalue weighted by molar-refractivity contribution is 0.301. The zero-order valence-electron chi connectivity index (χ0n) is 8.63. The molecule has 0 atom stereocenters. The minimum absolute atomic E-state index is 0.00417. The number of H-pyrrole nitrogens is 1. The predicted octanol–water partition coefficient (Wildman–Crippen LogP) is -0.608. The number of hydrogen-bond acceptors (Lipinski definition) is 5. The first-order chi connectivity index (χ1) is 8.03. The van der Waals surface area contributed by atoms with E-state index in [0.717, 1.165) is 0 Å². The van der Waals surface area contributed by atoms with Crippen molar-refractivity contribution in [2.45, 2.75) is 4.90 Å². The lowest BCUT2D eigenvalue weighted by Gasteiger charge is -2.04. The van der Waals surface area contributed by atoms with Gasteiger partial charge in [-0.3, -0.25) is 4.98 Å². The summed E-state index contributed by atoms with van der Waals surface area (Å²) in [5.41, 5.74) is 0.595. The Kier molecular flexibility index (Phi) is 3.01. The van der Waals surface area contributed by atoms with Crippen molar-refractivity contribution in [1.82, 2.24) is 9.71 Å². The van der Waals surface area contributed by atoms with E-state index in [9.17, 15) is 13.2 Å². The topological polar surface area (TPSA) is 112 Å². The minimum atomic E-state index is -3.68. The number of aromatic amines is 1. The van der Waals surface area contributed by atoms with Crippen LogP contribution in [0.25, 0.3) is 11.1 Å². The van der Waals surface area contributed by atoms with Crippen LogP contribution in [-0.4, -0.2) is 31.7 Å². The van der Waals surface area contributed by atoms with E-state index in [-0.39, 0.29) is 23.6 Å². The van der Waals surface area contributed by atoms with Gasteiger partial charge in [-0.05, 0) is 18.2 Å². The van der Waals surface area contributed by atoms with Crippen LogP contribution in [0.1, 0.15) is 0 Å². The van der Waals surface area contributed by atoms with Crippen LogP contribution >= 0.6 is 0 Å². The van der Waals surface area contributed by atoms with Crippen molar-refractivity contribution in [3.63, 3.8) is 0 Å². The van der Waals surface area contributed by atoms with E-state index >= 15 is 0 Å². The Balaban J connectivity index is 2.45. The number of rotatable bonds is 4. The third-order valence-corrected chi connectivity index (χ3v) is 3.56. The van der Waals surface area contributed by atoms with Gasteiger partial charge in [-0.15, -0.1) is 0 Å². The van der Waals surface area contributed by atoms with Crippen molar-refractivity contribution in [3.8, 4) is 0 Å². The van der Waals surface area contributed by atoms with E-state index in [2.05, 4.69) is 9.71 Å². The van der Waals surface area contributed by atoms with E-state index in [1.807, 2.05) is 0 Å². The molecular formula is C9H10N2O5S. The van der Waals surface area contributed by atoms with E-state index < -0.39 is 15.8 Å². The number of aliphatic hydroxyl groups excluding tert-OH is 1. The van der Waals surface area contributed by atoms with Crippen LogP contribution in [-0.2, 0) is 10.0 Å². The van der Waals surface area contributed by atoms with E-state index in [4.69, 9.17) is 9.52 Å². The first-order valence-corrected chi connectivity index (χ1v) is 6.24. The summed E-state index contributed by atoms with van der Waals surface area (Å²) >= 11 is 0. The first kappa shape index (κ1) is 11.8. The molecule has 0 aliphatic carbocycles. The van der Waals surface area contributed by atoms with Gasteiger partial charge >= 0.3 is 5.76 Å². The van der Waals surface area contributed by atoms with Gasteiger partial charge in [-0.1, -0.05) is 0 Å². The second-order valence-electron chi connectivity index (χ2n) is 3.29. The summed E-state index contributed by atoms with van der Waals surface area (Å²) in [6.45, 7) is -0.355. The van der Waals surface area contributed by atoms with Crippen molar-refractivity contribution in [3.05, 3.63) is 28.7 Å². The van der Waals surface area contributed by atoms with Gasteiger partial charge in [-0.2, -0.15) is 0 Å². The predicted molar refractivity (Wildman–Crippen MR) is 59.1 cm³/mol. The molecule has 8 heteroatoms. The van der Waals surface area contributed by atoms with Crippen molar-refractivity contribution in [2.24, 2.45) is 0 Å². The quantitative estimate of drug-likeness (QED) is 0.677. The third-order valence-electron chi connectivity index (χ3n) is 2.10. The maximum Gasteiger partial charge on any atom is 0.417 e. The summed E-state index contributed by atoms with van der Waals surface area (Å²) < 4.78 is 30.3. The van der Waals surface area contributed by atoms with Crippen molar-refractivity contribution < 1.29 is 17.9 Å². The minimum Gasteiger partial charge on any atom is -0.408 e. The second kappa shape index (κ2) is 4.32. The highest BCUT2D eigenvalue weighted by Gasteiger charge is 2.14. The molecule has 0 aliphatic rings.